The Morgan fingerprint density at radius 3 is 2.55 bits per heavy atom. The Morgan fingerprint density at radius 2 is 2.00 bits per heavy atom. The van der Waals surface area contributed by atoms with Crippen molar-refractivity contribution in [3.8, 4) is 5.75 Å². The molecule has 8 heteroatoms. The first-order valence-corrected chi connectivity index (χ1v) is 8.49. The van der Waals surface area contributed by atoms with Crippen LogP contribution in [0.1, 0.15) is 18.4 Å². The Kier molecular flexibility index (Phi) is 5.05. The molecule has 0 aliphatic carbocycles. The lowest BCUT2D eigenvalue weighted by molar-refractivity contribution is -0.126. The van der Waals surface area contributed by atoms with Gasteiger partial charge in [0.15, 0.2) is 0 Å². The van der Waals surface area contributed by atoms with Crippen molar-refractivity contribution in [1.29, 1.82) is 0 Å². The van der Waals surface area contributed by atoms with Crippen molar-refractivity contribution >= 4 is 15.9 Å². The van der Waals surface area contributed by atoms with Gasteiger partial charge in [-0.3, -0.25) is 10.2 Å². The van der Waals surface area contributed by atoms with E-state index in [0.717, 1.165) is 5.56 Å². The molecule has 1 saturated heterocycles. The minimum absolute atomic E-state index is 0.164. The van der Waals surface area contributed by atoms with Crippen molar-refractivity contribution in [1.82, 2.24) is 9.73 Å². The highest BCUT2D eigenvalue weighted by Crippen LogP contribution is 2.30. The van der Waals surface area contributed by atoms with Crippen LogP contribution < -0.4 is 16.0 Å². The van der Waals surface area contributed by atoms with Crippen molar-refractivity contribution in [2.24, 2.45) is 11.8 Å². The number of nitrogens with zero attached hydrogens (tertiary/aromatic N) is 1. The zero-order valence-electron chi connectivity index (χ0n) is 12.7. The molecule has 1 amide bonds. The van der Waals surface area contributed by atoms with Crippen molar-refractivity contribution in [3.05, 3.63) is 23.8 Å². The van der Waals surface area contributed by atoms with Gasteiger partial charge in [-0.1, -0.05) is 6.07 Å². The molecule has 1 aromatic carbocycles. The second-order valence-corrected chi connectivity index (χ2v) is 7.25. The van der Waals surface area contributed by atoms with Crippen LogP contribution in [0.3, 0.4) is 0 Å². The van der Waals surface area contributed by atoms with Gasteiger partial charge in [-0.2, -0.15) is 4.31 Å². The highest BCUT2D eigenvalue weighted by Gasteiger charge is 2.33. The van der Waals surface area contributed by atoms with Gasteiger partial charge in [0.05, 0.1) is 7.11 Å². The maximum atomic E-state index is 12.8. The van der Waals surface area contributed by atoms with Crippen LogP contribution in [0.15, 0.2) is 23.1 Å². The SMILES string of the molecule is COc1ccc(C)cc1S(=O)(=O)N1CCC(C(=O)NN)CC1. The van der Waals surface area contributed by atoms with Crippen LogP contribution in [0.4, 0.5) is 0 Å². The molecule has 1 aliphatic heterocycles. The fourth-order valence-electron chi connectivity index (χ4n) is 2.60. The Bertz CT molecular complexity index is 652. The predicted molar refractivity (Wildman–Crippen MR) is 81.5 cm³/mol. The third-order valence-electron chi connectivity index (χ3n) is 3.90. The van der Waals surface area contributed by atoms with Crippen molar-refractivity contribution in [2.45, 2.75) is 24.7 Å². The average Bonchev–Trinajstić information content (AvgIpc) is 2.54. The summed E-state index contributed by atoms with van der Waals surface area (Å²) in [6.07, 6.45) is 0.910. The average molecular weight is 327 g/mol. The number of benzene rings is 1. The summed E-state index contributed by atoms with van der Waals surface area (Å²) in [6, 6.07) is 5.05. The van der Waals surface area contributed by atoms with Crippen LogP contribution in [0.2, 0.25) is 0 Å². The van der Waals surface area contributed by atoms with Crippen LogP contribution in [-0.4, -0.2) is 38.8 Å². The minimum Gasteiger partial charge on any atom is -0.495 e. The smallest absolute Gasteiger partial charge is 0.246 e. The molecule has 2 rings (SSSR count). The van der Waals surface area contributed by atoms with Gasteiger partial charge in [-0.25, -0.2) is 14.3 Å². The van der Waals surface area contributed by atoms with E-state index < -0.39 is 10.0 Å². The summed E-state index contributed by atoms with van der Waals surface area (Å²) in [5.41, 5.74) is 2.96. The second kappa shape index (κ2) is 6.64. The summed E-state index contributed by atoms with van der Waals surface area (Å²) in [4.78, 5) is 11.7. The van der Waals surface area contributed by atoms with Gasteiger partial charge in [0.2, 0.25) is 15.9 Å². The number of nitrogens with two attached hydrogens (primary N) is 1. The Morgan fingerprint density at radius 1 is 1.36 bits per heavy atom. The third-order valence-corrected chi connectivity index (χ3v) is 5.82. The Balaban J connectivity index is 2.22. The summed E-state index contributed by atoms with van der Waals surface area (Å²) < 4.78 is 32.1. The number of hydrazine groups is 1. The van der Waals surface area contributed by atoms with Crippen LogP contribution in [0.5, 0.6) is 5.75 Å². The number of hydrogen-bond donors (Lipinski definition) is 2. The molecule has 22 heavy (non-hydrogen) atoms. The normalized spacial score (nSPS) is 17.2. The van der Waals surface area contributed by atoms with Crippen molar-refractivity contribution in [3.63, 3.8) is 0 Å². The monoisotopic (exact) mass is 327 g/mol. The molecule has 0 radical (unpaired) electrons. The van der Waals surface area contributed by atoms with Gasteiger partial charge in [-0.05, 0) is 37.5 Å². The number of nitrogens with one attached hydrogen (secondary N) is 1. The maximum absolute atomic E-state index is 12.8. The molecule has 122 valence electrons. The first kappa shape index (κ1) is 16.7. The maximum Gasteiger partial charge on any atom is 0.246 e. The van der Waals surface area contributed by atoms with Gasteiger partial charge >= 0.3 is 0 Å². The zero-order valence-corrected chi connectivity index (χ0v) is 13.5. The summed E-state index contributed by atoms with van der Waals surface area (Å²) in [7, 11) is -2.19. The lowest BCUT2D eigenvalue weighted by Gasteiger charge is -2.30. The van der Waals surface area contributed by atoms with E-state index >= 15 is 0 Å². The Labute approximate surface area is 130 Å². The number of rotatable bonds is 4. The number of piperidine rings is 1. The number of methoxy groups -OCH3 is 1. The van der Waals surface area contributed by atoms with E-state index in [4.69, 9.17) is 10.6 Å². The molecule has 3 N–H and O–H groups in total. The molecule has 1 aromatic rings. The first-order valence-electron chi connectivity index (χ1n) is 7.05. The number of carbonyl (C=O) groups excluding carboxylic acids is 1. The van der Waals surface area contributed by atoms with Crippen LogP contribution in [0, 0.1) is 12.8 Å². The van der Waals surface area contributed by atoms with Crippen LogP contribution in [-0.2, 0) is 14.8 Å². The fraction of sp³-hybridized carbons (Fsp3) is 0.500. The van der Waals surface area contributed by atoms with E-state index in [1.807, 2.05) is 6.92 Å². The second-order valence-electron chi connectivity index (χ2n) is 5.34. The first-order chi connectivity index (χ1) is 10.4. The standard InChI is InChI=1S/C14H21N3O4S/c1-10-3-4-12(21-2)13(9-10)22(19,20)17-7-5-11(6-8-17)14(18)16-15/h3-4,9,11H,5-8,15H2,1-2H3,(H,16,18). The largest absolute Gasteiger partial charge is 0.495 e. The van der Waals surface area contributed by atoms with Gasteiger partial charge in [0.1, 0.15) is 10.6 Å². The summed E-state index contributed by atoms with van der Waals surface area (Å²) >= 11 is 0. The van der Waals surface area contributed by atoms with E-state index in [9.17, 15) is 13.2 Å². The van der Waals surface area contributed by atoms with E-state index in [-0.39, 0.29) is 29.8 Å². The Hall–Kier alpha value is -1.64. The zero-order chi connectivity index (χ0) is 16.3. The molecule has 0 aromatic heterocycles. The molecular formula is C14H21N3O4S. The van der Waals surface area contributed by atoms with Crippen molar-refractivity contribution in [2.75, 3.05) is 20.2 Å². The van der Waals surface area contributed by atoms with E-state index in [1.165, 1.54) is 11.4 Å². The van der Waals surface area contributed by atoms with Gasteiger partial charge < -0.3 is 4.74 Å². The van der Waals surface area contributed by atoms with Gasteiger partial charge in [0, 0.05) is 19.0 Å². The number of amides is 1. The van der Waals surface area contributed by atoms with Crippen molar-refractivity contribution < 1.29 is 17.9 Å². The summed E-state index contributed by atoms with van der Waals surface area (Å²) in [6.45, 7) is 2.41. The number of ether oxygens (including phenoxy) is 1. The van der Waals surface area contributed by atoms with Gasteiger partial charge in [-0.15, -0.1) is 0 Å². The molecule has 1 heterocycles. The fourth-order valence-corrected chi connectivity index (χ4v) is 4.31. The summed E-state index contributed by atoms with van der Waals surface area (Å²) in [5.74, 6) is 4.96. The molecule has 0 bridgehead atoms. The molecule has 1 fully saturated rings. The quantitative estimate of drug-likeness (QED) is 0.473. The minimum atomic E-state index is -3.64. The molecule has 0 saturated carbocycles. The van der Waals surface area contributed by atoms with E-state index in [1.54, 1.807) is 18.2 Å². The molecule has 7 nitrogen and oxygen atoms in total. The van der Waals surface area contributed by atoms with Crippen LogP contribution >= 0.6 is 0 Å². The molecule has 0 unspecified atom stereocenters. The highest BCUT2D eigenvalue weighted by atomic mass is 32.2. The summed E-state index contributed by atoms with van der Waals surface area (Å²) in [5, 5.41) is 0. The highest BCUT2D eigenvalue weighted by molar-refractivity contribution is 7.89. The van der Waals surface area contributed by atoms with Gasteiger partial charge in [0.25, 0.3) is 0 Å². The predicted octanol–water partition coefficient (Wildman–Crippen LogP) is 0.394. The molecular weight excluding hydrogens is 306 g/mol. The van der Waals surface area contributed by atoms with E-state index in [2.05, 4.69) is 5.43 Å². The third kappa shape index (κ3) is 3.23. The number of sulfonamides is 1. The number of hydrogen-bond acceptors (Lipinski definition) is 5. The lowest BCUT2D eigenvalue weighted by atomic mass is 9.98. The van der Waals surface area contributed by atoms with Crippen LogP contribution in [0.25, 0.3) is 0 Å². The molecule has 1 aliphatic rings. The topological polar surface area (TPSA) is 102 Å². The number of aryl methyl sites for hydroxylation is 1. The molecule has 0 atom stereocenters. The van der Waals surface area contributed by atoms with E-state index in [0.29, 0.717) is 18.6 Å². The molecule has 0 spiro atoms. The number of carbonyl (C=O) groups is 1. The lowest BCUT2D eigenvalue weighted by Crippen LogP contribution is -2.44.